The smallest absolute Gasteiger partial charge is 0.546 e. The second kappa shape index (κ2) is 8.39. The van der Waals surface area contributed by atoms with E-state index < -0.39 is 12.1 Å². The minimum Gasteiger partial charge on any atom is -0.546 e. The van der Waals surface area contributed by atoms with Crippen molar-refractivity contribution in [2.75, 3.05) is 6.61 Å². The van der Waals surface area contributed by atoms with Crippen molar-refractivity contribution in [3.63, 3.8) is 0 Å². The summed E-state index contributed by atoms with van der Waals surface area (Å²) >= 11 is 0. The SMILES string of the molecule is CCOc1ccc(OC(CC)C(=O)[O-])cc1.[Na+]. The normalized spacial score (nSPS) is 11.2. The topological polar surface area (TPSA) is 58.6 Å². The van der Waals surface area contributed by atoms with Gasteiger partial charge in [0.2, 0.25) is 0 Å². The van der Waals surface area contributed by atoms with E-state index in [4.69, 9.17) is 9.47 Å². The van der Waals surface area contributed by atoms with E-state index in [9.17, 15) is 9.90 Å². The second-order valence-electron chi connectivity index (χ2n) is 3.24. The summed E-state index contributed by atoms with van der Waals surface area (Å²) in [5, 5.41) is 10.6. The average molecular weight is 246 g/mol. The fourth-order valence-electron chi connectivity index (χ4n) is 1.24. The zero-order valence-electron chi connectivity index (χ0n) is 10.4. The van der Waals surface area contributed by atoms with Gasteiger partial charge in [-0.1, -0.05) is 6.92 Å². The molecule has 0 aliphatic carbocycles. The second-order valence-corrected chi connectivity index (χ2v) is 3.24. The van der Waals surface area contributed by atoms with Gasteiger partial charge < -0.3 is 19.4 Å². The molecule has 0 saturated carbocycles. The summed E-state index contributed by atoms with van der Waals surface area (Å²) in [4.78, 5) is 10.6. The molecule has 0 spiro atoms. The van der Waals surface area contributed by atoms with Crippen LogP contribution in [0.1, 0.15) is 20.3 Å². The van der Waals surface area contributed by atoms with Crippen LogP contribution in [-0.4, -0.2) is 18.7 Å². The third kappa shape index (κ3) is 5.44. The van der Waals surface area contributed by atoms with Gasteiger partial charge in [-0.05, 0) is 37.6 Å². The molecular weight excluding hydrogens is 231 g/mol. The molecule has 0 aromatic heterocycles. The van der Waals surface area contributed by atoms with E-state index in [1.165, 1.54) is 0 Å². The van der Waals surface area contributed by atoms with Gasteiger partial charge in [0.25, 0.3) is 0 Å². The van der Waals surface area contributed by atoms with Crippen LogP contribution in [0, 0.1) is 0 Å². The molecule has 5 heteroatoms. The van der Waals surface area contributed by atoms with E-state index in [1.807, 2.05) is 6.92 Å². The third-order valence-corrected chi connectivity index (χ3v) is 2.05. The van der Waals surface area contributed by atoms with E-state index >= 15 is 0 Å². The molecule has 17 heavy (non-hydrogen) atoms. The predicted octanol–water partition coefficient (Wildman–Crippen LogP) is -2.00. The molecule has 1 atom stereocenters. The summed E-state index contributed by atoms with van der Waals surface area (Å²) < 4.78 is 10.5. The van der Waals surface area contributed by atoms with Gasteiger partial charge in [0, 0.05) is 0 Å². The van der Waals surface area contributed by atoms with Gasteiger partial charge in [-0.15, -0.1) is 0 Å². The first-order valence-electron chi connectivity index (χ1n) is 5.27. The van der Waals surface area contributed by atoms with Gasteiger partial charge in [0.05, 0.1) is 12.6 Å². The minimum atomic E-state index is -1.20. The number of benzene rings is 1. The molecule has 0 bridgehead atoms. The van der Waals surface area contributed by atoms with Crippen LogP contribution in [0.25, 0.3) is 0 Å². The fraction of sp³-hybridized carbons (Fsp3) is 0.417. The van der Waals surface area contributed by atoms with Gasteiger partial charge in [-0.25, -0.2) is 0 Å². The summed E-state index contributed by atoms with van der Waals surface area (Å²) in [6.45, 7) is 4.22. The Kier molecular flexibility index (Phi) is 8.04. The van der Waals surface area contributed by atoms with Crippen LogP contribution in [0.15, 0.2) is 24.3 Å². The molecule has 0 radical (unpaired) electrons. The number of rotatable bonds is 6. The van der Waals surface area contributed by atoms with Crippen molar-refractivity contribution >= 4 is 5.97 Å². The molecule has 88 valence electrons. The van der Waals surface area contributed by atoms with Gasteiger partial charge in [-0.2, -0.15) is 0 Å². The molecular formula is C12H15NaO4. The molecule has 0 saturated heterocycles. The first-order chi connectivity index (χ1) is 7.67. The molecule has 0 N–H and O–H groups in total. The number of hydrogen-bond donors (Lipinski definition) is 0. The number of carbonyl (C=O) groups is 1. The van der Waals surface area contributed by atoms with E-state index in [-0.39, 0.29) is 29.6 Å². The molecule has 0 aliphatic heterocycles. The van der Waals surface area contributed by atoms with Crippen molar-refractivity contribution in [1.82, 2.24) is 0 Å². The van der Waals surface area contributed by atoms with Crippen molar-refractivity contribution in [1.29, 1.82) is 0 Å². The zero-order valence-corrected chi connectivity index (χ0v) is 12.4. The van der Waals surface area contributed by atoms with Gasteiger partial charge >= 0.3 is 29.6 Å². The Morgan fingerprint density at radius 3 is 2.18 bits per heavy atom. The molecule has 1 aromatic rings. The van der Waals surface area contributed by atoms with Crippen LogP contribution in [0.5, 0.6) is 11.5 Å². The summed E-state index contributed by atoms with van der Waals surface area (Å²) in [7, 11) is 0. The van der Waals surface area contributed by atoms with Crippen LogP contribution >= 0.6 is 0 Å². The van der Waals surface area contributed by atoms with Crippen LogP contribution in [0.2, 0.25) is 0 Å². The maximum Gasteiger partial charge on any atom is 1.00 e. The summed E-state index contributed by atoms with van der Waals surface area (Å²) in [6, 6.07) is 6.83. The molecule has 0 amide bonds. The van der Waals surface area contributed by atoms with Crippen molar-refractivity contribution in [3.8, 4) is 11.5 Å². The Balaban J connectivity index is 0.00000256. The molecule has 0 heterocycles. The van der Waals surface area contributed by atoms with Gasteiger partial charge in [-0.3, -0.25) is 0 Å². The Hall–Kier alpha value is -0.710. The number of carboxylic acids is 1. The van der Waals surface area contributed by atoms with E-state index in [0.29, 0.717) is 18.8 Å². The fourth-order valence-corrected chi connectivity index (χ4v) is 1.24. The van der Waals surface area contributed by atoms with E-state index in [1.54, 1.807) is 31.2 Å². The van der Waals surface area contributed by atoms with Gasteiger partial charge in [0.15, 0.2) is 0 Å². The molecule has 1 unspecified atom stereocenters. The standard InChI is InChI=1S/C12H16O4.Na/c1-3-11(12(13)14)16-10-7-5-9(6-8-10)15-4-2;/h5-8,11H,3-4H2,1-2H3,(H,13,14);/q;+1/p-1. The number of carboxylic acid groups (broad SMARTS) is 1. The van der Waals surface area contributed by atoms with Crippen LogP contribution in [0.4, 0.5) is 0 Å². The molecule has 0 fully saturated rings. The van der Waals surface area contributed by atoms with Crippen LogP contribution < -0.4 is 44.1 Å². The van der Waals surface area contributed by atoms with Gasteiger partial charge in [0.1, 0.15) is 17.6 Å². The number of ether oxygens (including phenoxy) is 2. The monoisotopic (exact) mass is 246 g/mol. The summed E-state index contributed by atoms with van der Waals surface area (Å²) in [5.41, 5.74) is 0. The minimum absolute atomic E-state index is 0. The molecule has 4 nitrogen and oxygen atoms in total. The first-order valence-corrected chi connectivity index (χ1v) is 5.27. The first kappa shape index (κ1) is 16.3. The summed E-state index contributed by atoms with van der Waals surface area (Å²) in [6.07, 6.45) is -0.534. The predicted molar refractivity (Wildman–Crippen MR) is 57.3 cm³/mol. The third-order valence-electron chi connectivity index (χ3n) is 2.05. The Morgan fingerprint density at radius 2 is 1.76 bits per heavy atom. The Morgan fingerprint density at radius 1 is 1.24 bits per heavy atom. The molecule has 0 aliphatic rings. The largest absolute Gasteiger partial charge is 1.00 e. The maximum atomic E-state index is 10.6. The van der Waals surface area contributed by atoms with Crippen LogP contribution in [-0.2, 0) is 4.79 Å². The maximum absolute atomic E-state index is 10.6. The Labute approximate surface area is 123 Å². The summed E-state index contributed by atoms with van der Waals surface area (Å²) in [5.74, 6) is 0.0345. The number of carbonyl (C=O) groups excluding carboxylic acids is 1. The molecule has 1 aromatic carbocycles. The number of hydrogen-bond acceptors (Lipinski definition) is 4. The van der Waals surface area contributed by atoms with Crippen molar-refractivity contribution in [3.05, 3.63) is 24.3 Å². The quantitative estimate of drug-likeness (QED) is 0.545. The average Bonchev–Trinajstić information content (AvgIpc) is 2.28. The van der Waals surface area contributed by atoms with Crippen molar-refractivity contribution in [2.24, 2.45) is 0 Å². The van der Waals surface area contributed by atoms with Crippen molar-refractivity contribution < 1.29 is 48.9 Å². The Bertz CT molecular complexity index is 337. The zero-order chi connectivity index (χ0) is 12.0. The number of aliphatic carboxylic acids is 1. The van der Waals surface area contributed by atoms with E-state index in [2.05, 4.69) is 0 Å². The van der Waals surface area contributed by atoms with Crippen LogP contribution in [0.3, 0.4) is 0 Å². The van der Waals surface area contributed by atoms with Crippen molar-refractivity contribution in [2.45, 2.75) is 26.4 Å². The molecule has 1 rings (SSSR count). The van der Waals surface area contributed by atoms with E-state index in [0.717, 1.165) is 5.75 Å².